The highest BCUT2D eigenvalue weighted by molar-refractivity contribution is 7.11. The predicted molar refractivity (Wildman–Crippen MR) is 215 cm³/mol. The van der Waals surface area contributed by atoms with Crippen LogP contribution in [0.15, 0.2) is 109 Å². The molecule has 0 saturated carbocycles. The van der Waals surface area contributed by atoms with Crippen molar-refractivity contribution in [3.8, 4) is 0 Å². The second-order valence-electron chi connectivity index (χ2n) is 11.4. The van der Waals surface area contributed by atoms with Crippen molar-refractivity contribution in [1.29, 1.82) is 0 Å². The fourth-order valence-corrected chi connectivity index (χ4v) is 7.40. The van der Waals surface area contributed by atoms with Gasteiger partial charge in [-0.2, -0.15) is 27.3 Å². The minimum absolute atomic E-state index is 0.125. The maximum atomic E-state index is 5.84. The average molecular weight is 793 g/mol. The van der Waals surface area contributed by atoms with E-state index in [-0.39, 0.29) is 17.5 Å². The molecule has 2 aromatic heterocycles. The van der Waals surface area contributed by atoms with E-state index in [4.69, 9.17) is 69.6 Å². The highest BCUT2D eigenvalue weighted by atomic mass is 35.6. The van der Waals surface area contributed by atoms with Crippen molar-refractivity contribution in [3.05, 3.63) is 137 Å². The summed E-state index contributed by atoms with van der Waals surface area (Å²) in [5.41, 5.74) is 5.54. The minimum Gasteiger partial charge on any atom is -0.209 e. The molecule has 0 N–H and O–H groups in total. The minimum atomic E-state index is -1.87. The Kier molecular flexibility index (Phi) is 14.6. The number of nitrogens with zero attached hydrogens (tertiary/aromatic N) is 4. The molecule has 0 bridgehead atoms. The Labute approximate surface area is 323 Å². The zero-order valence-electron chi connectivity index (χ0n) is 27.4. The molecule has 0 aliphatic rings. The van der Waals surface area contributed by atoms with Gasteiger partial charge >= 0.3 is 0 Å². The third-order valence-electron chi connectivity index (χ3n) is 8.21. The number of aromatic nitrogens is 4. The third-order valence-corrected chi connectivity index (χ3v) is 10.3. The predicted octanol–water partition coefficient (Wildman–Crippen LogP) is 9.89. The number of alkyl halides is 6. The van der Waals surface area contributed by atoms with Crippen LogP contribution in [0.3, 0.4) is 0 Å². The Morgan fingerprint density at radius 3 is 1.53 bits per heavy atom. The summed E-state index contributed by atoms with van der Waals surface area (Å²) in [6.07, 6.45) is 9.91. The second-order valence-corrected chi connectivity index (χ2v) is 16.9. The lowest BCUT2D eigenvalue weighted by molar-refractivity contribution is -0.696. The van der Waals surface area contributed by atoms with Crippen LogP contribution in [-0.2, 0) is 14.1 Å². The molecular weight excluding hydrogens is 756 g/mol. The highest BCUT2D eigenvalue weighted by Crippen LogP contribution is 2.40. The molecule has 0 aliphatic carbocycles. The number of hydrogen-bond donors (Lipinski definition) is 0. The molecule has 5 aromatic rings. The van der Waals surface area contributed by atoms with Crippen LogP contribution in [0.25, 0.3) is 12.2 Å². The molecule has 2 heterocycles. The molecular formula is C37H37BCl6N4S. The van der Waals surface area contributed by atoms with E-state index in [9.17, 15) is 0 Å². The Hall–Kier alpha value is -2.42. The lowest BCUT2D eigenvalue weighted by atomic mass is 9.14. The first-order valence-electron chi connectivity index (χ1n) is 16.0. The Morgan fingerprint density at radius 2 is 1.12 bits per heavy atom. The second kappa shape index (κ2) is 18.2. The largest absolute Gasteiger partial charge is 0.261 e. The summed E-state index contributed by atoms with van der Waals surface area (Å²) in [5.74, 6) is -0.0432. The quantitative estimate of drug-likeness (QED) is 0.0613. The maximum absolute atomic E-state index is 5.84. The first kappa shape index (κ1) is 39.4. The number of benzene rings is 3. The maximum Gasteiger partial charge on any atom is 0.261 e. The number of unbranched alkanes of at least 4 members (excludes halogenated alkanes) is 1. The number of thiazole rings is 1. The Balaban J connectivity index is 0.000000222. The molecule has 12 heteroatoms. The molecule has 0 spiro atoms. The van der Waals surface area contributed by atoms with Gasteiger partial charge in [-0.3, -0.25) is 0 Å². The molecule has 0 radical (unpaired) electrons. The molecule has 256 valence electrons. The van der Waals surface area contributed by atoms with Crippen molar-refractivity contribution in [2.24, 2.45) is 0 Å². The molecule has 0 saturated heterocycles. The van der Waals surface area contributed by atoms with Crippen LogP contribution in [0.4, 0.5) is 0 Å². The fourth-order valence-electron chi connectivity index (χ4n) is 5.91. The van der Waals surface area contributed by atoms with Gasteiger partial charge in [0.2, 0.25) is 7.59 Å². The van der Waals surface area contributed by atoms with Crippen LogP contribution in [0.2, 0.25) is 6.32 Å². The van der Waals surface area contributed by atoms with Crippen molar-refractivity contribution < 1.29 is 4.57 Å². The van der Waals surface area contributed by atoms with Gasteiger partial charge in [-0.1, -0.05) is 204 Å². The SMILES string of the molecule is CCCC[B-](c1ccccc1)(c1ccccc1)c1ccccc1.CC[n+]1c(C)csc1C=CC=Cc1nc(C(Cl)(Cl)Cl)nc(C(Cl)(Cl)Cl)n1. The van der Waals surface area contributed by atoms with E-state index in [1.807, 2.05) is 12.2 Å². The van der Waals surface area contributed by atoms with Crippen LogP contribution in [-0.4, -0.2) is 21.1 Å². The monoisotopic (exact) mass is 790 g/mol. The van der Waals surface area contributed by atoms with E-state index in [1.165, 1.54) is 41.2 Å². The molecule has 0 fully saturated rings. The van der Waals surface area contributed by atoms with Gasteiger partial charge in [-0.25, -0.2) is 15.0 Å². The smallest absolute Gasteiger partial charge is 0.209 e. The summed E-state index contributed by atoms with van der Waals surface area (Å²) in [6.45, 7) is 7.33. The Bertz CT molecular complexity index is 1690. The lowest BCUT2D eigenvalue weighted by Crippen LogP contribution is -2.66. The molecule has 0 amide bonds. The van der Waals surface area contributed by atoms with Gasteiger partial charge < -0.3 is 0 Å². The van der Waals surface area contributed by atoms with Crippen LogP contribution in [0.5, 0.6) is 0 Å². The normalized spacial score (nSPS) is 12.3. The zero-order chi connectivity index (χ0) is 35.5. The molecule has 49 heavy (non-hydrogen) atoms. The van der Waals surface area contributed by atoms with Gasteiger partial charge in [-0.15, -0.1) is 0 Å². The van der Waals surface area contributed by atoms with Crippen LogP contribution in [0.1, 0.15) is 54.9 Å². The summed E-state index contributed by atoms with van der Waals surface area (Å²) in [4.78, 5) is 12.1. The van der Waals surface area contributed by atoms with Gasteiger partial charge in [0.15, 0.2) is 23.2 Å². The van der Waals surface area contributed by atoms with E-state index in [2.05, 4.69) is 137 Å². The van der Waals surface area contributed by atoms with Crippen molar-refractivity contribution in [1.82, 2.24) is 15.0 Å². The first-order chi connectivity index (χ1) is 23.4. The van der Waals surface area contributed by atoms with Crippen molar-refractivity contribution >= 4 is 116 Å². The zero-order valence-corrected chi connectivity index (χ0v) is 32.8. The van der Waals surface area contributed by atoms with Gasteiger partial charge in [0.1, 0.15) is 6.54 Å². The summed E-state index contributed by atoms with van der Waals surface area (Å²) in [6, 6.07) is 33.2. The van der Waals surface area contributed by atoms with Crippen LogP contribution in [0, 0.1) is 6.92 Å². The van der Waals surface area contributed by atoms with E-state index in [0.29, 0.717) is 0 Å². The summed E-state index contributed by atoms with van der Waals surface area (Å²) in [5, 5.41) is 3.22. The summed E-state index contributed by atoms with van der Waals surface area (Å²) >= 11 is 36.7. The fraction of sp³-hybridized carbons (Fsp3) is 0.243. The first-order valence-corrected chi connectivity index (χ1v) is 19.1. The van der Waals surface area contributed by atoms with Crippen molar-refractivity contribution in [3.63, 3.8) is 0 Å². The number of halogens is 6. The van der Waals surface area contributed by atoms with E-state index in [0.717, 1.165) is 11.6 Å². The summed E-state index contributed by atoms with van der Waals surface area (Å²) in [7, 11) is 0. The number of aryl methyl sites for hydroxylation is 1. The van der Waals surface area contributed by atoms with Crippen molar-refractivity contribution in [2.75, 3.05) is 0 Å². The van der Waals surface area contributed by atoms with Gasteiger partial charge in [0.25, 0.3) is 5.01 Å². The van der Waals surface area contributed by atoms with Crippen LogP contribution >= 0.6 is 80.9 Å². The highest BCUT2D eigenvalue weighted by Gasteiger charge is 2.33. The average Bonchev–Trinajstić information content (AvgIpc) is 3.46. The topological polar surface area (TPSA) is 42.5 Å². The van der Waals surface area contributed by atoms with E-state index in [1.54, 1.807) is 23.5 Å². The number of allylic oxidation sites excluding steroid dienone is 2. The van der Waals surface area contributed by atoms with Crippen LogP contribution < -0.4 is 21.0 Å². The molecule has 0 atom stereocenters. The third kappa shape index (κ3) is 10.6. The van der Waals surface area contributed by atoms with Gasteiger partial charge in [-0.05, 0) is 13.0 Å². The van der Waals surface area contributed by atoms with Gasteiger partial charge in [0.05, 0.1) is 11.5 Å². The number of hydrogen-bond acceptors (Lipinski definition) is 4. The van der Waals surface area contributed by atoms with E-state index < -0.39 is 13.7 Å². The molecule has 5 rings (SSSR count). The Morgan fingerprint density at radius 1 is 0.673 bits per heavy atom. The van der Waals surface area contributed by atoms with Crippen molar-refractivity contribution in [2.45, 2.75) is 54.1 Å². The van der Waals surface area contributed by atoms with E-state index >= 15 is 0 Å². The molecule has 0 unspecified atom stereocenters. The summed E-state index contributed by atoms with van der Waals surface area (Å²) < 4.78 is -1.54. The van der Waals surface area contributed by atoms with Gasteiger partial charge in [0, 0.05) is 13.0 Å². The number of rotatable bonds is 10. The standard InChI is InChI=1S/C22H24B.C15H13Cl6N4S/c1-2-3-19-23(20-13-7-4-8-14-20,21-15-9-5-10-16-21)22-17-11-6-12-18-22;1-3-25-9(2)8-26-11(25)7-5-4-6-10-22-12(14(16,17)18)24-13(23-10)15(19,20)21/h4-18H,2-3,19H2,1H3;4-8H,3H2,1-2H3/q-1;+1. The molecule has 3 aromatic carbocycles. The lowest BCUT2D eigenvalue weighted by Gasteiger charge is -2.43. The molecule has 4 nitrogen and oxygen atoms in total. The molecule has 0 aliphatic heterocycles.